The first kappa shape index (κ1) is 15.7. The fourth-order valence-corrected chi connectivity index (χ4v) is 3.16. The van der Waals surface area contributed by atoms with Gasteiger partial charge in [-0.2, -0.15) is 0 Å². The topological polar surface area (TPSA) is 49.3 Å². The van der Waals surface area contributed by atoms with Crippen LogP contribution >= 0.6 is 0 Å². The van der Waals surface area contributed by atoms with Gasteiger partial charge in [-0.3, -0.25) is 14.7 Å². The minimum Gasteiger partial charge on any atom is -0.334 e. The van der Waals surface area contributed by atoms with Crippen molar-refractivity contribution in [2.24, 2.45) is 0 Å². The summed E-state index contributed by atoms with van der Waals surface area (Å²) in [6, 6.07) is 16.0. The zero-order valence-electron chi connectivity index (χ0n) is 14.2. The lowest BCUT2D eigenvalue weighted by atomic mass is 10.1. The fraction of sp³-hybridized carbons (Fsp3) is 0.250. The third-order valence-corrected chi connectivity index (χ3v) is 4.75. The lowest BCUT2D eigenvalue weighted by Crippen LogP contribution is -2.60. The summed E-state index contributed by atoms with van der Waals surface area (Å²) < 4.78 is 0. The van der Waals surface area contributed by atoms with Crippen LogP contribution < -0.4 is 0 Å². The third-order valence-electron chi connectivity index (χ3n) is 4.75. The van der Waals surface area contributed by atoms with Crippen LogP contribution in [0.1, 0.15) is 16.1 Å². The summed E-state index contributed by atoms with van der Waals surface area (Å²) in [5.41, 5.74) is 2.57. The van der Waals surface area contributed by atoms with Gasteiger partial charge in [0, 0.05) is 43.5 Å². The zero-order chi connectivity index (χ0) is 17.2. The number of rotatable bonds is 4. The zero-order valence-corrected chi connectivity index (χ0v) is 14.2. The van der Waals surface area contributed by atoms with Crippen molar-refractivity contribution in [3.8, 4) is 0 Å². The van der Waals surface area contributed by atoms with Gasteiger partial charge in [-0.15, -0.1) is 0 Å². The number of benzene rings is 1. The van der Waals surface area contributed by atoms with Gasteiger partial charge in [0.05, 0.1) is 5.52 Å². The molecule has 1 aliphatic heterocycles. The number of carbonyl (C=O) groups excluding carboxylic acids is 1. The van der Waals surface area contributed by atoms with Gasteiger partial charge in [0.1, 0.15) is 5.69 Å². The molecule has 1 saturated heterocycles. The monoisotopic (exact) mass is 332 g/mol. The number of hydrogen-bond donors (Lipinski definition) is 0. The highest BCUT2D eigenvalue weighted by molar-refractivity contribution is 5.95. The molecule has 0 atom stereocenters. The van der Waals surface area contributed by atoms with Gasteiger partial charge in [-0.25, -0.2) is 4.98 Å². The summed E-state index contributed by atoms with van der Waals surface area (Å²) in [6.07, 6.45) is 3.67. The van der Waals surface area contributed by atoms with Crippen molar-refractivity contribution in [3.63, 3.8) is 0 Å². The smallest absolute Gasteiger partial charge is 0.272 e. The van der Waals surface area contributed by atoms with E-state index in [1.165, 1.54) is 5.56 Å². The molecule has 1 amide bonds. The van der Waals surface area contributed by atoms with Crippen molar-refractivity contribution in [1.29, 1.82) is 0 Å². The number of likely N-dealkylation sites (N-methyl/N-ethyl adjacent to an activating group) is 1. The van der Waals surface area contributed by atoms with Gasteiger partial charge in [0.2, 0.25) is 0 Å². The Balaban J connectivity index is 1.38. The van der Waals surface area contributed by atoms with E-state index < -0.39 is 0 Å². The Kier molecular flexibility index (Phi) is 4.15. The minimum absolute atomic E-state index is 0.0109. The lowest BCUT2D eigenvalue weighted by molar-refractivity contribution is 0.0316. The van der Waals surface area contributed by atoms with Crippen LogP contribution in [0, 0.1) is 0 Å². The maximum absolute atomic E-state index is 12.6. The Labute approximate surface area is 146 Å². The summed E-state index contributed by atoms with van der Waals surface area (Å²) in [7, 11) is 2.09. The predicted molar refractivity (Wildman–Crippen MR) is 97.1 cm³/mol. The average Bonchev–Trinajstić information content (AvgIpc) is 2.60. The molecule has 25 heavy (non-hydrogen) atoms. The number of para-hydroxylation sites is 1. The molecule has 2 aromatic heterocycles. The van der Waals surface area contributed by atoms with Crippen LogP contribution in [0.15, 0.2) is 60.9 Å². The Morgan fingerprint density at radius 1 is 1.16 bits per heavy atom. The van der Waals surface area contributed by atoms with E-state index in [9.17, 15) is 4.79 Å². The average molecular weight is 332 g/mol. The molecule has 3 heterocycles. The van der Waals surface area contributed by atoms with E-state index in [1.54, 1.807) is 6.20 Å². The van der Waals surface area contributed by atoms with Crippen molar-refractivity contribution in [2.45, 2.75) is 12.6 Å². The number of likely N-dealkylation sites (tertiary alicyclic amines) is 1. The maximum Gasteiger partial charge on any atom is 0.272 e. The second kappa shape index (κ2) is 6.61. The van der Waals surface area contributed by atoms with Crippen molar-refractivity contribution in [2.75, 3.05) is 20.1 Å². The molecule has 1 aliphatic rings. The van der Waals surface area contributed by atoms with Crippen molar-refractivity contribution < 1.29 is 4.79 Å². The van der Waals surface area contributed by atoms with Gasteiger partial charge < -0.3 is 4.90 Å². The number of pyridine rings is 2. The summed E-state index contributed by atoms with van der Waals surface area (Å²) in [6.45, 7) is 2.32. The van der Waals surface area contributed by atoms with Crippen LogP contribution in [-0.4, -0.2) is 51.9 Å². The Hall–Kier alpha value is -2.79. The highest BCUT2D eigenvalue weighted by Crippen LogP contribution is 2.19. The molecule has 0 N–H and O–H groups in total. The van der Waals surface area contributed by atoms with Gasteiger partial charge in [0.25, 0.3) is 5.91 Å². The molecule has 0 aliphatic carbocycles. The Morgan fingerprint density at radius 2 is 2.00 bits per heavy atom. The molecule has 0 saturated carbocycles. The number of aromatic nitrogens is 2. The number of fused-ring (bicyclic) bond motifs is 1. The van der Waals surface area contributed by atoms with Crippen LogP contribution in [0.4, 0.5) is 0 Å². The molecular weight excluding hydrogens is 312 g/mol. The van der Waals surface area contributed by atoms with Gasteiger partial charge in [0.15, 0.2) is 0 Å². The molecule has 5 heteroatoms. The standard InChI is InChI=1S/C20H20N4O/c1-23(12-15-5-4-10-21-11-15)17-13-24(14-17)20(25)19-9-8-16-6-2-3-7-18(16)22-19/h2-11,17H,12-14H2,1H3. The molecule has 4 rings (SSSR count). The van der Waals surface area contributed by atoms with E-state index in [4.69, 9.17) is 0 Å². The Morgan fingerprint density at radius 3 is 2.80 bits per heavy atom. The van der Waals surface area contributed by atoms with E-state index in [1.807, 2.05) is 53.6 Å². The fourth-order valence-electron chi connectivity index (χ4n) is 3.16. The van der Waals surface area contributed by atoms with Gasteiger partial charge in [-0.1, -0.05) is 30.3 Å². The maximum atomic E-state index is 12.6. The van der Waals surface area contributed by atoms with Crippen LogP contribution in [0.2, 0.25) is 0 Å². The first-order chi connectivity index (χ1) is 12.2. The Bertz CT molecular complexity index is 890. The quantitative estimate of drug-likeness (QED) is 0.737. The van der Waals surface area contributed by atoms with Crippen LogP contribution in [-0.2, 0) is 6.54 Å². The van der Waals surface area contributed by atoms with E-state index >= 15 is 0 Å². The van der Waals surface area contributed by atoms with Crippen molar-refractivity contribution >= 4 is 16.8 Å². The molecule has 1 fully saturated rings. The molecule has 0 bridgehead atoms. The molecular formula is C20H20N4O. The van der Waals surface area contributed by atoms with Gasteiger partial charge >= 0.3 is 0 Å². The molecule has 0 unspecified atom stereocenters. The SMILES string of the molecule is CN(Cc1cccnc1)C1CN(C(=O)c2ccc3ccccc3n2)C1. The van der Waals surface area contributed by atoms with E-state index in [2.05, 4.69) is 28.0 Å². The van der Waals surface area contributed by atoms with Crippen LogP contribution in [0.25, 0.3) is 10.9 Å². The van der Waals surface area contributed by atoms with Crippen molar-refractivity contribution in [3.05, 3.63) is 72.2 Å². The molecule has 0 radical (unpaired) electrons. The number of amides is 1. The van der Waals surface area contributed by atoms with Gasteiger partial charge in [-0.05, 0) is 30.8 Å². The molecule has 126 valence electrons. The molecule has 0 spiro atoms. The number of hydrogen-bond acceptors (Lipinski definition) is 4. The van der Waals surface area contributed by atoms with Crippen LogP contribution in [0.5, 0.6) is 0 Å². The highest BCUT2D eigenvalue weighted by Gasteiger charge is 2.34. The summed E-state index contributed by atoms with van der Waals surface area (Å²) in [5.74, 6) is 0.0109. The molecule has 5 nitrogen and oxygen atoms in total. The second-order valence-corrected chi connectivity index (χ2v) is 6.53. The summed E-state index contributed by atoms with van der Waals surface area (Å²) in [4.78, 5) is 25.4. The third kappa shape index (κ3) is 3.23. The van der Waals surface area contributed by atoms with Crippen molar-refractivity contribution in [1.82, 2.24) is 19.8 Å². The minimum atomic E-state index is 0.0109. The summed E-state index contributed by atoms with van der Waals surface area (Å²) >= 11 is 0. The first-order valence-electron chi connectivity index (χ1n) is 8.45. The number of carbonyl (C=O) groups is 1. The number of nitrogens with zero attached hydrogens (tertiary/aromatic N) is 4. The predicted octanol–water partition coefficient (Wildman–Crippen LogP) is 2.59. The second-order valence-electron chi connectivity index (χ2n) is 6.53. The normalized spacial score (nSPS) is 14.7. The van der Waals surface area contributed by atoms with Crippen LogP contribution in [0.3, 0.4) is 0 Å². The van der Waals surface area contributed by atoms with E-state index in [0.29, 0.717) is 11.7 Å². The molecule has 1 aromatic carbocycles. The van der Waals surface area contributed by atoms with E-state index in [0.717, 1.165) is 30.5 Å². The van der Waals surface area contributed by atoms with E-state index in [-0.39, 0.29) is 5.91 Å². The lowest BCUT2D eigenvalue weighted by Gasteiger charge is -2.43. The summed E-state index contributed by atoms with van der Waals surface area (Å²) in [5, 5.41) is 1.05. The highest BCUT2D eigenvalue weighted by atomic mass is 16.2. The largest absolute Gasteiger partial charge is 0.334 e. The first-order valence-corrected chi connectivity index (χ1v) is 8.45. The molecule has 3 aromatic rings.